The summed E-state index contributed by atoms with van der Waals surface area (Å²) >= 11 is 0. The van der Waals surface area contributed by atoms with E-state index in [4.69, 9.17) is 14.2 Å². The van der Waals surface area contributed by atoms with Gasteiger partial charge in [-0.3, -0.25) is 14.4 Å². The number of hydrogen-bond donors (Lipinski definition) is 1. The Morgan fingerprint density at radius 1 is 0.720 bits per heavy atom. The average molecular weight is 677 g/mol. The van der Waals surface area contributed by atoms with Crippen molar-refractivity contribution in [2.24, 2.45) is 5.92 Å². The van der Waals surface area contributed by atoms with Crippen LogP contribution in [0.5, 0.6) is 17.2 Å². The first-order valence-corrected chi connectivity index (χ1v) is 17.5. The van der Waals surface area contributed by atoms with E-state index in [0.717, 1.165) is 44.1 Å². The number of carbonyl (C=O) groups excluding carboxylic acids is 3. The third-order valence-electron chi connectivity index (χ3n) is 9.51. The zero-order valence-corrected chi connectivity index (χ0v) is 29.3. The zero-order valence-electron chi connectivity index (χ0n) is 29.3. The number of ketones is 1. The highest BCUT2D eigenvalue weighted by Crippen LogP contribution is 2.38. The second-order valence-electron chi connectivity index (χ2n) is 13.0. The van der Waals surface area contributed by atoms with Gasteiger partial charge in [-0.15, -0.1) is 0 Å². The molecular formula is C42H48N2O6. The van der Waals surface area contributed by atoms with Gasteiger partial charge in [-0.25, -0.2) is 0 Å². The number of aryl methyl sites for hydroxylation is 2. The minimum Gasteiger partial charge on any atom is -0.493 e. The quantitative estimate of drug-likeness (QED) is 0.0968. The Hall–Kier alpha value is -5.11. The standard InChI is InChI=1S/C42H48N2O6/c1-48-37-27-34(28-38(49-2)40(37)50-3)39(45)42(47)44-29-33(25-32-19-11-6-12-20-32)26-36(44)41(46)43-35(23-13-21-30-15-7-4-8-16-30)24-14-22-31-17-9-5-10-18-31/h4-12,15-20,27-28,33,35-36H,13-14,21-26,29H2,1-3H3,(H,43,46)/t33?,36-/m0/s1. The fourth-order valence-corrected chi connectivity index (χ4v) is 6.94. The fraction of sp³-hybridized carbons (Fsp3) is 0.357. The molecule has 0 spiro atoms. The summed E-state index contributed by atoms with van der Waals surface area (Å²) in [6.45, 7) is 0.300. The number of nitrogens with one attached hydrogen (secondary N) is 1. The lowest BCUT2D eigenvalue weighted by atomic mass is 9.96. The van der Waals surface area contributed by atoms with E-state index in [1.807, 2.05) is 54.6 Å². The summed E-state index contributed by atoms with van der Waals surface area (Å²) in [5.41, 5.74) is 3.77. The highest BCUT2D eigenvalue weighted by Gasteiger charge is 2.42. The van der Waals surface area contributed by atoms with Crippen LogP contribution >= 0.6 is 0 Å². The summed E-state index contributed by atoms with van der Waals surface area (Å²) in [5, 5.41) is 3.33. The average Bonchev–Trinajstić information content (AvgIpc) is 3.58. The number of likely N-dealkylation sites (tertiary alicyclic amines) is 1. The molecule has 1 N–H and O–H groups in total. The Morgan fingerprint density at radius 3 is 1.70 bits per heavy atom. The van der Waals surface area contributed by atoms with Crippen molar-refractivity contribution in [1.82, 2.24) is 10.2 Å². The minimum atomic E-state index is -0.770. The molecule has 50 heavy (non-hydrogen) atoms. The third-order valence-corrected chi connectivity index (χ3v) is 9.51. The first kappa shape index (κ1) is 36.2. The van der Waals surface area contributed by atoms with Crippen molar-refractivity contribution in [3.05, 3.63) is 125 Å². The van der Waals surface area contributed by atoms with Crippen LogP contribution in [0.25, 0.3) is 0 Å². The van der Waals surface area contributed by atoms with Gasteiger partial charge in [0.15, 0.2) is 11.5 Å². The fourth-order valence-electron chi connectivity index (χ4n) is 6.94. The predicted molar refractivity (Wildman–Crippen MR) is 195 cm³/mol. The summed E-state index contributed by atoms with van der Waals surface area (Å²) in [4.78, 5) is 43.5. The molecular weight excluding hydrogens is 628 g/mol. The minimum absolute atomic E-state index is 0.0134. The third kappa shape index (κ3) is 9.53. The van der Waals surface area contributed by atoms with Crippen LogP contribution in [0, 0.1) is 5.92 Å². The van der Waals surface area contributed by atoms with E-state index < -0.39 is 17.7 Å². The number of Topliss-reactive ketones (excluding diaryl/α,β-unsaturated/α-hetero) is 1. The lowest BCUT2D eigenvalue weighted by molar-refractivity contribution is -0.135. The Balaban J connectivity index is 1.35. The van der Waals surface area contributed by atoms with Crippen molar-refractivity contribution >= 4 is 17.6 Å². The molecule has 0 saturated carbocycles. The van der Waals surface area contributed by atoms with E-state index in [2.05, 4.69) is 41.7 Å². The number of benzene rings is 4. The van der Waals surface area contributed by atoms with Crippen molar-refractivity contribution < 1.29 is 28.6 Å². The van der Waals surface area contributed by atoms with E-state index in [9.17, 15) is 14.4 Å². The molecule has 0 aromatic heterocycles. The summed E-state index contributed by atoms with van der Waals surface area (Å²) in [5.74, 6) is -0.783. The van der Waals surface area contributed by atoms with Crippen LogP contribution in [0.15, 0.2) is 103 Å². The molecule has 8 heteroatoms. The molecule has 4 aromatic carbocycles. The molecule has 2 amide bonds. The Kier molecular flexibility index (Phi) is 13.1. The molecule has 4 aromatic rings. The van der Waals surface area contributed by atoms with Gasteiger partial charge in [0.2, 0.25) is 11.7 Å². The number of rotatable bonds is 17. The largest absolute Gasteiger partial charge is 0.493 e. The van der Waals surface area contributed by atoms with Crippen LogP contribution < -0.4 is 19.5 Å². The summed E-state index contributed by atoms with van der Waals surface area (Å²) in [7, 11) is 4.39. The van der Waals surface area contributed by atoms with Gasteiger partial charge in [-0.05, 0) is 86.1 Å². The van der Waals surface area contributed by atoms with Crippen molar-refractivity contribution in [1.29, 1.82) is 0 Å². The van der Waals surface area contributed by atoms with Crippen LogP contribution in [-0.2, 0) is 28.9 Å². The number of hydrogen-bond acceptors (Lipinski definition) is 6. The number of amides is 2. The zero-order chi connectivity index (χ0) is 35.3. The summed E-state index contributed by atoms with van der Waals surface area (Å²) in [6, 6.07) is 32.9. The molecule has 1 heterocycles. The normalized spacial score (nSPS) is 15.5. The summed E-state index contributed by atoms with van der Waals surface area (Å²) in [6.07, 6.45) is 6.47. The van der Waals surface area contributed by atoms with Gasteiger partial charge in [0.1, 0.15) is 6.04 Å². The van der Waals surface area contributed by atoms with Gasteiger partial charge < -0.3 is 24.4 Å². The van der Waals surface area contributed by atoms with Gasteiger partial charge in [0, 0.05) is 18.2 Å². The van der Waals surface area contributed by atoms with Gasteiger partial charge in [0.05, 0.1) is 21.3 Å². The molecule has 1 aliphatic heterocycles. The van der Waals surface area contributed by atoms with E-state index in [0.29, 0.717) is 25.1 Å². The lowest BCUT2D eigenvalue weighted by Gasteiger charge is -2.26. The van der Waals surface area contributed by atoms with Crippen LogP contribution in [0.4, 0.5) is 0 Å². The maximum atomic E-state index is 14.2. The maximum absolute atomic E-state index is 14.2. The van der Waals surface area contributed by atoms with Gasteiger partial charge >= 0.3 is 0 Å². The number of ether oxygens (including phenoxy) is 3. The van der Waals surface area contributed by atoms with Crippen molar-refractivity contribution in [3.63, 3.8) is 0 Å². The van der Waals surface area contributed by atoms with Crippen molar-refractivity contribution in [2.45, 2.75) is 63.5 Å². The molecule has 2 atom stereocenters. The van der Waals surface area contributed by atoms with Gasteiger partial charge in [-0.1, -0.05) is 91.0 Å². The Labute approximate surface area is 295 Å². The molecule has 1 fully saturated rings. The SMILES string of the molecule is COc1cc(C(=O)C(=O)N2CC(Cc3ccccc3)C[C@H]2C(=O)NC(CCCc2ccccc2)CCCc2ccccc2)cc(OC)c1OC. The molecule has 5 rings (SSSR count). The molecule has 1 unspecified atom stereocenters. The van der Waals surface area contributed by atoms with Crippen LogP contribution in [-0.4, -0.2) is 62.5 Å². The smallest absolute Gasteiger partial charge is 0.295 e. The van der Waals surface area contributed by atoms with Crippen LogP contribution in [0.1, 0.15) is 59.2 Å². The Bertz CT molecular complexity index is 1630. The molecule has 0 aliphatic carbocycles. The highest BCUT2D eigenvalue weighted by atomic mass is 16.5. The second-order valence-corrected chi connectivity index (χ2v) is 13.0. The topological polar surface area (TPSA) is 94.2 Å². The Morgan fingerprint density at radius 2 is 1.22 bits per heavy atom. The molecule has 1 aliphatic rings. The molecule has 0 bridgehead atoms. The molecule has 262 valence electrons. The first-order valence-electron chi connectivity index (χ1n) is 17.5. The molecule has 1 saturated heterocycles. The van der Waals surface area contributed by atoms with Crippen molar-refractivity contribution in [3.8, 4) is 17.2 Å². The van der Waals surface area contributed by atoms with Crippen molar-refractivity contribution in [2.75, 3.05) is 27.9 Å². The highest BCUT2D eigenvalue weighted by molar-refractivity contribution is 6.43. The van der Waals surface area contributed by atoms with Crippen LogP contribution in [0.3, 0.4) is 0 Å². The van der Waals surface area contributed by atoms with E-state index in [1.165, 1.54) is 49.5 Å². The number of methoxy groups -OCH3 is 3. The van der Waals surface area contributed by atoms with E-state index >= 15 is 0 Å². The van der Waals surface area contributed by atoms with Crippen LogP contribution in [0.2, 0.25) is 0 Å². The van der Waals surface area contributed by atoms with Gasteiger partial charge in [0.25, 0.3) is 11.7 Å². The first-order chi connectivity index (χ1) is 24.4. The molecule has 8 nitrogen and oxygen atoms in total. The maximum Gasteiger partial charge on any atom is 0.295 e. The number of carbonyl (C=O) groups is 3. The monoisotopic (exact) mass is 676 g/mol. The van der Waals surface area contributed by atoms with E-state index in [-0.39, 0.29) is 34.9 Å². The summed E-state index contributed by atoms with van der Waals surface area (Å²) < 4.78 is 16.3. The molecule has 0 radical (unpaired) electrons. The second kappa shape index (κ2) is 18.0. The van der Waals surface area contributed by atoms with E-state index in [1.54, 1.807) is 0 Å². The predicted octanol–water partition coefficient (Wildman–Crippen LogP) is 6.89. The number of nitrogens with zero attached hydrogens (tertiary/aromatic N) is 1. The lowest BCUT2D eigenvalue weighted by Crippen LogP contribution is -2.50. The van der Waals surface area contributed by atoms with Gasteiger partial charge in [-0.2, -0.15) is 0 Å².